The molecule has 4 atom stereocenters. The van der Waals surface area contributed by atoms with Gasteiger partial charge in [0.15, 0.2) is 0 Å². The molecule has 0 aromatic carbocycles. The van der Waals surface area contributed by atoms with E-state index in [4.69, 9.17) is 5.11 Å². The van der Waals surface area contributed by atoms with Gasteiger partial charge in [-0.05, 0) is 18.3 Å². The minimum absolute atomic E-state index is 0.00849. The summed E-state index contributed by atoms with van der Waals surface area (Å²) in [5.41, 5.74) is 0. The molecule has 0 bridgehead atoms. The topological polar surface area (TPSA) is 57.5 Å². The predicted octanol–water partition coefficient (Wildman–Crippen LogP) is 0.511. The molecule has 0 amide bonds. The molecule has 2 saturated carbocycles. The van der Waals surface area contributed by atoms with Crippen molar-refractivity contribution in [1.82, 2.24) is 0 Å². The molecule has 0 aliphatic heterocycles. The minimum Gasteiger partial charge on any atom is -0.392 e. The summed E-state index contributed by atoms with van der Waals surface area (Å²) in [4.78, 5) is 11.2. The van der Waals surface area contributed by atoms with Crippen molar-refractivity contribution < 1.29 is 15.0 Å². The maximum Gasteiger partial charge on any atom is 0.133 e. The fraction of sp³-hybridized carbons (Fsp3) is 0.727. The molecule has 14 heavy (non-hydrogen) atoms. The summed E-state index contributed by atoms with van der Waals surface area (Å²) in [7, 11) is 0. The van der Waals surface area contributed by atoms with Crippen LogP contribution in [0.15, 0.2) is 12.2 Å². The zero-order valence-electron chi connectivity index (χ0n) is 8.10. The van der Waals surface area contributed by atoms with E-state index >= 15 is 0 Å². The van der Waals surface area contributed by atoms with Gasteiger partial charge in [-0.15, -0.1) is 0 Å². The van der Waals surface area contributed by atoms with Crippen molar-refractivity contribution >= 4 is 5.78 Å². The van der Waals surface area contributed by atoms with E-state index in [0.717, 1.165) is 6.42 Å². The van der Waals surface area contributed by atoms with Gasteiger partial charge in [0.05, 0.1) is 12.7 Å². The summed E-state index contributed by atoms with van der Waals surface area (Å²) >= 11 is 0. The fourth-order valence-electron chi connectivity index (χ4n) is 2.91. The highest BCUT2D eigenvalue weighted by atomic mass is 16.3. The first-order chi connectivity index (χ1) is 6.72. The number of carbonyl (C=O) groups is 1. The third-order valence-electron chi connectivity index (χ3n) is 3.51. The number of ketones is 1. The molecular formula is C11H16O3. The van der Waals surface area contributed by atoms with Crippen LogP contribution in [0.2, 0.25) is 0 Å². The average Bonchev–Trinajstić information content (AvgIpc) is 2.58. The van der Waals surface area contributed by atoms with Crippen LogP contribution in [0.25, 0.3) is 0 Å². The molecule has 2 fully saturated rings. The molecule has 78 valence electrons. The smallest absolute Gasteiger partial charge is 0.133 e. The molecule has 0 saturated heterocycles. The first-order valence-electron chi connectivity index (χ1n) is 5.19. The Morgan fingerprint density at radius 1 is 1.43 bits per heavy atom. The molecular weight excluding hydrogens is 180 g/mol. The molecule has 3 heteroatoms. The van der Waals surface area contributed by atoms with E-state index in [9.17, 15) is 9.90 Å². The van der Waals surface area contributed by atoms with Gasteiger partial charge in [-0.25, -0.2) is 0 Å². The molecule has 2 N–H and O–H groups in total. The summed E-state index contributed by atoms with van der Waals surface area (Å²) in [6, 6.07) is 0. The zero-order chi connectivity index (χ0) is 10.1. The van der Waals surface area contributed by atoms with Crippen LogP contribution in [0.4, 0.5) is 0 Å². The highest BCUT2D eigenvalue weighted by Gasteiger charge is 2.46. The first-order valence-corrected chi connectivity index (χ1v) is 5.19. The lowest BCUT2D eigenvalue weighted by Gasteiger charge is -2.15. The number of Topliss-reactive ketones (excluding diaryl/α,β-unsaturated/α-hetero) is 1. The van der Waals surface area contributed by atoms with Crippen LogP contribution in [0, 0.1) is 17.8 Å². The van der Waals surface area contributed by atoms with E-state index in [0.29, 0.717) is 30.5 Å². The Labute approximate surface area is 83.4 Å². The number of aliphatic hydroxyl groups excluding tert-OH is 2. The van der Waals surface area contributed by atoms with E-state index < -0.39 is 0 Å². The number of aliphatic hydroxyl groups is 2. The van der Waals surface area contributed by atoms with E-state index in [2.05, 4.69) is 0 Å². The third-order valence-corrected chi connectivity index (χ3v) is 3.51. The summed E-state index contributed by atoms with van der Waals surface area (Å²) < 4.78 is 0. The van der Waals surface area contributed by atoms with Crippen molar-refractivity contribution in [2.24, 2.45) is 17.8 Å². The highest BCUT2D eigenvalue weighted by Crippen LogP contribution is 2.46. The van der Waals surface area contributed by atoms with Crippen molar-refractivity contribution in [3.63, 3.8) is 0 Å². The number of fused-ring (bicyclic) bond motifs is 1. The summed E-state index contributed by atoms with van der Waals surface area (Å²) in [5, 5.41) is 18.4. The Balaban J connectivity index is 2.08. The second-order valence-electron chi connectivity index (χ2n) is 4.36. The first kappa shape index (κ1) is 9.87. The van der Waals surface area contributed by atoms with Crippen LogP contribution in [-0.4, -0.2) is 28.7 Å². The summed E-state index contributed by atoms with van der Waals surface area (Å²) in [6.07, 6.45) is 5.22. The van der Waals surface area contributed by atoms with Crippen LogP contribution < -0.4 is 0 Å². The normalized spacial score (nSPS) is 42.3. The van der Waals surface area contributed by atoms with E-state index in [1.807, 2.05) is 6.08 Å². The minimum atomic E-state index is -0.319. The SMILES string of the molecule is O=C1C[C@H]2C[C@@H](O)C(/C=C/CO)[C@H]2C1. The number of hydrogen-bond donors (Lipinski definition) is 2. The standard InChI is InChI=1S/C11H16O3/c12-3-1-2-9-10-6-8(13)4-7(10)5-11(9)14/h1-2,7,9-12,14H,3-6H2/b2-1+/t7-,9?,10-,11+/m0/s1. The molecule has 0 spiro atoms. The lowest BCUT2D eigenvalue weighted by Crippen LogP contribution is -2.17. The van der Waals surface area contributed by atoms with Crippen molar-refractivity contribution in [2.45, 2.75) is 25.4 Å². The van der Waals surface area contributed by atoms with E-state index in [1.54, 1.807) is 6.08 Å². The number of hydrogen-bond acceptors (Lipinski definition) is 3. The van der Waals surface area contributed by atoms with Gasteiger partial charge in [0, 0.05) is 18.8 Å². The third kappa shape index (κ3) is 1.62. The van der Waals surface area contributed by atoms with Gasteiger partial charge in [0.25, 0.3) is 0 Å². The lowest BCUT2D eigenvalue weighted by molar-refractivity contribution is -0.118. The molecule has 0 heterocycles. The molecule has 2 aliphatic rings. The Hall–Kier alpha value is -0.670. The maximum absolute atomic E-state index is 11.2. The highest BCUT2D eigenvalue weighted by molar-refractivity contribution is 5.81. The molecule has 0 aromatic heterocycles. The van der Waals surface area contributed by atoms with Crippen molar-refractivity contribution in [3.8, 4) is 0 Å². The van der Waals surface area contributed by atoms with Gasteiger partial charge in [-0.1, -0.05) is 12.2 Å². The van der Waals surface area contributed by atoms with Crippen LogP contribution in [0.1, 0.15) is 19.3 Å². The largest absolute Gasteiger partial charge is 0.392 e. The van der Waals surface area contributed by atoms with Crippen LogP contribution >= 0.6 is 0 Å². The van der Waals surface area contributed by atoms with E-state index in [-0.39, 0.29) is 18.6 Å². The zero-order valence-corrected chi connectivity index (χ0v) is 8.10. The Bertz CT molecular complexity index is 259. The van der Waals surface area contributed by atoms with Gasteiger partial charge in [0.2, 0.25) is 0 Å². The van der Waals surface area contributed by atoms with Gasteiger partial charge >= 0.3 is 0 Å². The maximum atomic E-state index is 11.2. The fourth-order valence-corrected chi connectivity index (χ4v) is 2.91. The van der Waals surface area contributed by atoms with Crippen molar-refractivity contribution in [2.75, 3.05) is 6.61 Å². The Morgan fingerprint density at radius 3 is 2.93 bits per heavy atom. The second-order valence-corrected chi connectivity index (χ2v) is 4.36. The van der Waals surface area contributed by atoms with Gasteiger partial charge in [-0.3, -0.25) is 4.79 Å². The average molecular weight is 196 g/mol. The van der Waals surface area contributed by atoms with Gasteiger partial charge < -0.3 is 10.2 Å². The molecule has 3 nitrogen and oxygen atoms in total. The quantitative estimate of drug-likeness (QED) is 0.633. The van der Waals surface area contributed by atoms with Gasteiger partial charge in [-0.2, -0.15) is 0 Å². The van der Waals surface area contributed by atoms with Crippen LogP contribution in [-0.2, 0) is 4.79 Å². The molecule has 2 rings (SSSR count). The Morgan fingerprint density at radius 2 is 2.21 bits per heavy atom. The van der Waals surface area contributed by atoms with Crippen molar-refractivity contribution in [3.05, 3.63) is 12.2 Å². The monoisotopic (exact) mass is 196 g/mol. The van der Waals surface area contributed by atoms with Crippen LogP contribution in [0.5, 0.6) is 0 Å². The summed E-state index contributed by atoms with van der Waals surface area (Å²) in [6.45, 7) is 0.00849. The predicted molar refractivity (Wildman–Crippen MR) is 51.6 cm³/mol. The Kier molecular flexibility index (Phi) is 2.70. The molecule has 1 unspecified atom stereocenters. The summed E-state index contributed by atoms with van der Waals surface area (Å²) in [5.74, 6) is 1.11. The van der Waals surface area contributed by atoms with Crippen LogP contribution in [0.3, 0.4) is 0 Å². The lowest BCUT2D eigenvalue weighted by atomic mass is 9.91. The van der Waals surface area contributed by atoms with E-state index in [1.165, 1.54) is 0 Å². The van der Waals surface area contributed by atoms with Gasteiger partial charge in [0.1, 0.15) is 5.78 Å². The number of rotatable bonds is 2. The number of carbonyl (C=O) groups excluding carboxylic acids is 1. The molecule has 0 radical (unpaired) electrons. The molecule has 2 aliphatic carbocycles. The second kappa shape index (κ2) is 3.83. The van der Waals surface area contributed by atoms with Crippen molar-refractivity contribution in [1.29, 1.82) is 0 Å². The molecule has 0 aromatic rings.